The maximum Gasteiger partial charge on any atom is 0.311 e. The predicted molar refractivity (Wildman–Crippen MR) is 101 cm³/mol. The quantitative estimate of drug-likeness (QED) is 0.647. The van der Waals surface area contributed by atoms with Gasteiger partial charge in [-0.3, -0.25) is 9.59 Å². The number of nitrogens with one attached hydrogen (secondary N) is 1. The van der Waals surface area contributed by atoms with Crippen LogP contribution in [0.15, 0.2) is 30.6 Å². The molecule has 1 atom stereocenters. The number of amides is 1. The van der Waals surface area contributed by atoms with Gasteiger partial charge < -0.3 is 14.8 Å². The first-order valence-electron chi connectivity index (χ1n) is 8.69. The Hall–Kier alpha value is -3.49. The predicted octanol–water partition coefficient (Wildman–Crippen LogP) is 1.86. The van der Waals surface area contributed by atoms with E-state index in [1.165, 1.54) is 13.3 Å². The number of aromatic nitrogens is 4. The lowest BCUT2D eigenvalue weighted by atomic mass is 10.1. The Morgan fingerprint density at radius 1 is 1.29 bits per heavy atom. The van der Waals surface area contributed by atoms with E-state index >= 15 is 0 Å². The fourth-order valence-corrected chi connectivity index (χ4v) is 2.79. The van der Waals surface area contributed by atoms with Gasteiger partial charge in [-0.25, -0.2) is 9.50 Å². The zero-order valence-electron chi connectivity index (χ0n) is 16.1. The number of hydrogen-bond acceptors (Lipinski definition) is 7. The van der Waals surface area contributed by atoms with Crippen molar-refractivity contribution < 1.29 is 19.1 Å². The Balaban J connectivity index is 1.65. The molecule has 0 fully saturated rings. The molecule has 146 valence electrons. The van der Waals surface area contributed by atoms with E-state index in [2.05, 4.69) is 20.4 Å². The second-order valence-corrected chi connectivity index (χ2v) is 6.26. The molecule has 0 aliphatic heterocycles. The van der Waals surface area contributed by atoms with E-state index in [1.54, 1.807) is 42.8 Å². The van der Waals surface area contributed by atoms with Crippen molar-refractivity contribution in [2.45, 2.75) is 33.3 Å². The summed E-state index contributed by atoms with van der Waals surface area (Å²) in [6.45, 7) is 5.15. The van der Waals surface area contributed by atoms with Gasteiger partial charge in [-0.15, -0.1) is 0 Å². The molecular formula is C19H21N5O4. The highest BCUT2D eigenvalue weighted by Crippen LogP contribution is 2.18. The molecular weight excluding hydrogens is 362 g/mol. The fraction of sp³-hybridized carbons (Fsp3) is 0.316. The molecule has 0 aliphatic rings. The van der Waals surface area contributed by atoms with Crippen molar-refractivity contribution in [3.8, 4) is 5.75 Å². The second-order valence-electron chi connectivity index (χ2n) is 6.26. The molecule has 3 rings (SSSR count). The number of aryl methyl sites for hydroxylation is 2. The van der Waals surface area contributed by atoms with Crippen molar-refractivity contribution in [1.29, 1.82) is 0 Å². The zero-order chi connectivity index (χ0) is 20.3. The van der Waals surface area contributed by atoms with Gasteiger partial charge in [0.2, 0.25) is 0 Å². The first kappa shape index (κ1) is 19.3. The highest BCUT2D eigenvalue weighted by molar-refractivity contribution is 5.95. The molecule has 2 aromatic heterocycles. The number of hydrogen-bond donors (Lipinski definition) is 1. The molecule has 9 nitrogen and oxygen atoms in total. The van der Waals surface area contributed by atoms with Crippen molar-refractivity contribution in [1.82, 2.24) is 19.6 Å². The number of carbonyl (C=O) groups excluding carboxylic acids is 2. The van der Waals surface area contributed by atoms with Crippen LogP contribution in [0.5, 0.6) is 5.75 Å². The van der Waals surface area contributed by atoms with Crippen LogP contribution in [-0.2, 0) is 20.7 Å². The van der Waals surface area contributed by atoms with Crippen LogP contribution in [0.1, 0.15) is 23.9 Å². The Labute approximate surface area is 161 Å². The number of fused-ring (bicyclic) bond motifs is 1. The van der Waals surface area contributed by atoms with E-state index in [9.17, 15) is 9.59 Å². The van der Waals surface area contributed by atoms with Gasteiger partial charge >= 0.3 is 5.97 Å². The van der Waals surface area contributed by atoms with Gasteiger partial charge in [0.05, 0.1) is 13.5 Å². The third-order valence-corrected chi connectivity index (χ3v) is 4.32. The number of ether oxygens (including phenoxy) is 2. The van der Waals surface area contributed by atoms with Crippen LogP contribution in [0.3, 0.4) is 0 Å². The summed E-state index contributed by atoms with van der Waals surface area (Å²) in [6.07, 6.45) is 0.432. The third-order valence-electron chi connectivity index (χ3n) is 4.32. The molecule has 2 heterocycles. The molecule has 0 saturated heterocycles. The minimum absolute atomic E-state index is 0.0166. The Morgan fingerprint density at radius 2 is 2.07 bits per heavy atom. The molecule has 0 saturated carbocycles. The van der Waals surface area contributed by atoms with Crippen LogP contribution in [-0.4, -0.2) is 44.7 Å². The van der Waals surface area contributed by atoms with E-state index in [0.717, 1.165) is 5.69 Å². The van der Waals surface area contributed by atoms with E-state index in [0.29, 0.717) is 28.5 Å². The average Bonchev–Trinajstić information content (AvgIpc) is 3.13. The largest absolute Gasteiger partial charge is 0.497 e. The highest BCUT2D eigenvalue weighted by Gasteiger charge is 2.21. The lowest BCUT2D eigenvalue weighted by Gasteiger charge is -2.15. The smallest absolute Gasteiger partial charge is 0.311 e. The topological polar surface area (TPSA) is 108 Å². The van der Waals surface area contributed by atoms with Crippen LogP contribution >= 0.6 is 0 Å². The van der Waals surface area contributed by atoms with Crippen LogP contribution in [0.4, 0.5) is 5.69 Å². The highest BCUT2D eigenvalue weighted by atomic mass is 16.5. The van der Waals surface area contributed by atoms with Gasteiger partial charge in [-0.2, -0.15) is 10.1 Å². The van der Waals surface area contributed by atoms with Crippen molar-refractivity contribution in [3.63, 3.8) is 0 Å². The number of rotatable bonds is 6. The number of nitrogens with zero attached hydrogens (tertiary/aromatic N) is 4. The van der Waals surface area contributed by atoms with Gasteiger partial charge in [0.15, 0.2) is 6.10 Å². The number of anilines is 1. The molecule has 28 heavy (non-hydrogen) atoms. The summed E-state index contributed by atoms with van der Waals surface area (Å²) in [5.74, 6) is 0.128. The van der Waals surface area contributed by atoms with E-state index in [1.807, 2.05) is 6.92 Å². The number of carbonyl (C=O) groups is 2. The molecule has 0 aliphatic carbocycles. The SMILES string of the molecule is COc1cccc(NC(=O)[C@@H](C)OC(=O)Cc2c(C)nc3ncnn3c2C)c1. The van der Waals surface area contributed by atoms with Crippen LogP contribution in [0, 0.1) is 13.8 Å². The molecule has 0 unspecified atom stereocenters. The third kappa shape index (κ3) is 4.08. The normalized spacial score (nSPS) is 11.9. The maximum absolute atomic E-state index is 12.4. The molecule has 1 amide bonds. The first-order chi connectivity index (χ1) is 13.4. The lowest BCUT2D eigenvalue weighted by molar-refractivity contribution is -0.152. The standard InChI is InChI=1S/C19H21N5O4/c1-11-16(12(2)24-19(22-11)20-10-21-24)9-17(25)28-13(3)18(26)23-14-6-5-7-15(8-14)27-4/h5-8,10,13H,9H2,1-4H3,(H,23,26)/t13-/m1/s1. The fourth-order valence-electron chi connectivity index (χ4n) is 2.79. The zero-order valence-corrected chi connectivity index (χ0v) is 16.1. The Bertz CT molecular complexity index is 1030. The van der Waals surface area contributed by atoms with Gasteiger partial charge in [-0.05, 0) is 32.9 Å². The minimum Gasteiger partial charge on any atom is -0.497 e. The molecule has 1 N–H and O–H groups in total. The molecule has 1 aromatic carbocycles. The molecule has 9 heteroatoms. The van der Waals surface area contributed by atoms with Crippen LogP contribution in [0.2, 0.25) is 0 Å². The van der Waals surface area contributed by atoms with Crippen LogP contribution in [0.25, 0.3) is 5.78 Å². The summed E-state index contributed by atoms with van der Waals surface area (Å²) in [5, 5.41) is 6.79. The first-order valence-corrected chi connectivity index (χ1v) is 8.69. The maximum atomic E-state index is 12.4. The van der Waals surface area contributed by atoms with Crippen molar-refractivity contribution in [2.75, 3.05) is 12.4 Å². The second kappa shape index (κ2) is 8.03. The summed E-state index contributed by atoms with van der Waals surface area (Å²) in [4.78, 5) is 33.0. The summed E-state index contributed by atoms with van der Waals surface area (Å²) in [6, 6.07) is 6.92. The van der Waals surface area contributed by atoms with Crippen molar-refractivity contribution >= 4 is 23.3 Å². The Morgan fingerprint density at radius 3 is 2.82 bits per heavy atom. The summed E-state index contributed by atoms with van der Waals surface area (Å²) in [5.41, 5.74) is 2.68. The van der Waals surface area contributed by atoms with Crippen LogP contribution < -0.4 is 10.1 Å². The number of benzene rings is 1. The van der Waals surface area contributed by atoms with Crippen molar-refractivity contribution in [2.24, 2.45) is 0 Å². The Kier molecular flexibility index (Phi) is 5.53. The number of esters is 1. The lowest BCUT2D eigenvalue weighted by Crippen LogP contribution is -2.30. The van der Waals surface area contributed by atoms with Gasteiger partial charge in [0.25, 0.3) is 11.7 Å². The van der Waals surface area contributed by atoms with Gasteiger partial charge in [-0.1, -0.05) is 6.07 Å². The monoisotopic (exact) mass is 383 g/mol. The summed E-state index contributed by atoms with van der Waals surface area (Å²) < 4.78 is 12.0. The van der Waals surface area contributed by atoms with Gasteiger partial charge in [0, 0.05) is 28.7 Å². The molecule has 3 aromatic rings. The van der Waals surface area contributed by atoms with E-state index < -0.39 is 18.0 Å². The summed E-state index contributed by atoms with van der Waals surface area (Å²) in [7, 11) is 1.54. The van der Waals surface area contributed by atoms with E-state index in [4.69, 9.17) is 9.47 Å². The summed E-state index contributed by atoms with van der Waals surface area (Å²) >= 11 is 0. The molecule has 0 bridgehead atoms. The van der Waals surface area contributed by atoms with Crippen molar-refractivity contribution in [3.05, 3.63) is 47.5 Å². The number of methoxy groups -OCH3 is 1. The molecule has 0 radical (unpaired) electrons. The average molecular weight is 383 g/mol. The minimum atomic E-state index is -0.956. The molecule has 0 spiro atoms. The van der Waals surface area contributed by atoms with Gasteiger partial charge in [0.1, 0.15) is 12.1 Å². The van der Waals surface area contributed by atoms with E-state index in [-0.39, 0.29) is 6.42 Å².